The van der Waals surface area contributed by atoms with Gasteiger partial charge >= 0.3 is 0 Å². The molecule has 0 spiro atoms. The van der Waals surface area contributed by atoms with Gasteiger partial charge in [-0.1, -0.05) is 40.2 Å². The van der Waals surface area contributed by atoms with Gasteiger partial charge in [-0.15, -0.1) is 0 Å². The number of halogens is 1. The number of pyridine rings is 1. The van der Waals surface area contributed by atoms with Crippen LogP contribution in [-0.4, -0.2) is 4.98 Å². The largest absolute Gasteiger partial charge is 0.381 e. The first kappa shape index (κ1) is 13.1. The number of rotatable bonds is 3. The van der Waals surface area contributed by atoms with E-state index in [0.29, 0.717) is 0 Å². The molecule has 3 heteroatoms. The van der Waals surface area contributed by atoms with E-state index < -0.39 is 0 Å². The van der Waals surface area contributed by atoms with E-state index in [1.165, 1.54) is 16.5 Å². The fraction of sp³-hybridized carbons (Fsp3) is 0.118. The third-order valence-corrected chi connectivity index (χ3v) is 3.90. The molecule has 1 aromatic heterocycles. The molecule has 0 radical (unpaired) electrons. The van der Waals surface area contributed by atoms with Crippen molar-refractivity contribution in [2.45, 2.75) is 13.5 Å². The molecule has 0 bridgehead atoms. The summed E-state index contributed by atoms with van der Waals surface area (Å²) in [5.41, 5.74) is 4.69. The van der Waals surface area contributed by atoms with E-state index in [9.17, 15) is 0 Å². The fourth-order valence-electron chi connectivity index (χ4n) is 2.28. The highest BCUT2D eigenvalue weighted by Crippen LogP contribution is 2.22. The van der Waals surface area contributed by atoms with Gasteiger partial charge in [0.2, 0.25) is 0 Å². The molecule has 0 aliphatic rings. The van der Waals surface area contributed by atoms with E-state index in [-0.39, 0.29) is 0 Å². The first-order valence-corrected chi connectivity index (χ1v) is 7.36. The van der Waals surface area contributed by atoms with Crippen LogP contribution >= 0.6 is 15.9 Å². The van der Waals surface area contributed by atoms with Crippen LogP contribution in [0.1, 0.15) is 11.1 Å². The molecule has 0 atom stereocenters. The zero-order valence-corrected chi connectivity index (χ0v) is 12.8. The number of hydrogen-bond donors (Lipinski definition) is 1. The number of benzene rings is 2. The van der Waals surface area contributed by atoms with Crippen molar-refractivity contribution in [1.82, 2.24) is 4.98 Å². The number of anilines is 1. The maximum absolute atomic E-state index is 4.39. The Kier molecular flexibility index (Phi) is 3.70. The Balaban J connectivity index is 1.89. The molecule has 3 aromatic rings. The topological polar surface area (TPSA) is 24.9 Å². The number of fused-ring (bicyclic) bond motifs is 1. The molecule has 0 amide bonds. The summed E-state index contributed by atoms with van der Waals surface area (Å²) in [7, 11) is 0. The molecule has 100 valence electrons. The maximum atomic E-state index is 4.39. The zero-order chi connectivity index (χ0) is 13.9. The van der Waals surface area contributed by atoms with Gasteiger partial charge in [0.05, 0.1) is 5.52 Å². The average Bonchev–Trinajstić information content (AvgIpc) is 2.48. The number of aryl methyl sites for hydroxylation is 1. The molecule has 0 fully saturated rings. The molecule has 2 nitrogen and oxygen atoms in total. The van der Waals surface area contributed by atoms with Gasteiger partial charge in [-0.25, -0.2) is 0 Å². The van der Waals surface area contributed by atoms with Crippen molar-refractivity contribution in [3.05, 3.63) is 70.3 Å². The Hall–Kier alpha value is -1.87. The molecule has 0 unspecified atom stereocenters. The van der Waals surface area contributed by atoms with Crippen LogP contribution in [0.25, 0.3) is 10.9 Å². The lowest BCUT2D eigenvalue weighted by Gasteiger charge is -2.11. The minimum Gasteiger partial charge on any atom is -0.381 e. The molecule has 1 N–H and O–H groups in total. The van der Waals surface area contributed by atoms with Crippen molar-refractivity contribution < 1.29 is 0 Å². The molecule has 1 heterocycles. The van der Waals surface area contributed by atoms with E-state index in [1.807, 2.05) is 18.3 Å². The summed E-state index contributed by atoms with van der Waals surface area (Å²) < 4.78 is 1.09. The van der Waals surface area contributed by atoms with Crippen molar-refractivity contribution in [3.63, 3.8) is 0 Å². The minimum atomic E-state index is 0.792. The Bertz CT molecular complexity index is 748. The van der Waals surface area contributed by atoms with Gasteiger partial charge < -0.3 is 5.32 Å². The number of para-hydroxylation sites is 1. The lowest BCUT2D eigenvalue weighted by molar-refractivity contribution is 1.15. The summed E-state index contributed by atoms with van der Waals surface area (Å²) >= 11 is 3.51. The predicted octanol–water partition coefficient (Wildman–Crippen LogP) is 4.92. The van der Waals surface area contributed by atoms with Crippen molar-refractivity contribution >= 4 is 32.5 Å². The maximum Gasteiger partial charge on any atom is 0.0705 e. The van der Waals surface area contributed by atoms with E-state index in [1.54, 1.807) is 0 Å². The highest BCUT2D eigenvalue weighted by atomic mass is 79.9. The van der Waals surface area contributed by atoms with Gasteiger partial charge in [0.25, 0.3) is 0 Å². The number of nitrogens with one attached hydrogen (secondary N) is 1. The minimum absolute atomic E-state index is 0.792. The summed E-state index contributed by atoms with van der Waals surface area (Å²) in [5, 5.41) is 4.71. The Labute approximate surface area is 127 Å². The predicted molar refractivity (Wildman–Crippen MR) is 87.9 cm³/mol. The number of aromatic nitrogens is 1. The Morgan fingerprint density at radius 2 is 1.95 bits per heavy atom. The second kappa shape index (κ2) is 5.63. The third-order valence-electron chi connectivity index (χ3n) is 3.41. The van der Waals surface area contributed by atoms with Gasteiger partial charge in [-0.2, -0.15) is 0 Å². The highest BCUT2D eigenvalue weighted by Gasteiger charge is 2.03. The molecule has 0 saturated carbocycles. The molecule has 2 aromatic carbocycles. The average molecular weight is 327 g/mol. The van der Waals surface area contributed by atoms with Crippen LogP contribution in [0, 0.1) is 6.92 Å². The van der Waals surface area contributed by atoms with Crippen LogP contribution in [0.3, 0.4) is 0 Å². The first-order chi connectivity index (χ1) is 9.74. The van der Waals surface area contributed by atoms with Gasteiger partial charge in [0.15, 0.2) is 0 Å². The van der Waals surface area contributed by atoms with Crippen LogP contribution < -0.4 is 5.32 Å². The first-order valence-electron chi connectivity index (χ1n) is 6.57. The molecule has 3 rings (SSSR count). The monoisotopic (exact) mass is 326 g/mol. The summed E-state index contributed by atoms with van der Waals surface area (Å²) in [6.45, 7) is 2.90. The quantitative estimate of drug-likeness (QED) is 0.739. The summed E-state index contributed by atoms with van der Waals surface area (Å²) in [6, 6.07) is 16.6. The molecule has 0 aliphatic carbocycles. The van der Waals surface area contributed by atoms with Crippen LogP contribution in [0.4, 0.5) is 5.69 Å². The highest BCUT2D eigenvalue weighted by molar-refractivity contribution is 9.10. The summed E-state index contributed by atoms with van der Waals surface area (Å²) in [5.74, 6) is 0. The standard InChI is InChI=1S/C17H15BrN2/c1-12-6-7-14(18)10-17(12)20-11-13-8-9-19-16-5-3-2-4-15(13)16/h2-10,20H,11H2,1H3. The number of nitrogens with zero attached hydrogens (tertiary/aromatic N) is 1. The lowest BCUT2D eigenvalue weighted by Crippen LogP contribution is -2.02. The van der Waals surface area contributed by atoms with Gasteiger partial charge in [-0.05, 0) is 42.3 Å². The van der Waals surface area contributed by atoms with Crippen LogP contribution in [0.15, 0.2) is 59.2 Å². The number of hydrogen-bond acceptors (Lipinski definition) is 2. The SMILES string of the molecule is Cc1ccc(Br)cc1NCc1ccnc2ccccc12. The van der Waals surface area contributed by atoms with E-state index in [4.69, 9.17) is 0 Å². The van der Waals surface area contributed by atoms with Crippen LogP contribution in [0.2, 0.25) is 0 Å². The van der Waals surface area contributed by atoms with Crippen LogP contribution in [0.5, 0.6) is 0 Å². The van der Waals surface area contributed by atoms with Gasteiger partial charge in [0, 0.05) is 28.3 Å². The van der Waals surface area contributed by atoms with E-state index >= 15 is 0 Å². The fourth-order valence-corrected chi connectivity index (χ4v) is 2.65. The second-order valence-corrected chi connectivity index (χ2v) is 5.72. The van der Waals surface area contributed by atoms with Crippen molar-refractivity contribution in [3.8, 4) is 0 Å². The van der Waals surface area contributed by atoms with E-state index in [2.05, 4.69) is 69.6 Å². The van der Waals surface area contributed by atoms with Crippen molar-refractivity contribution in [2.24, 2.45) is 0 Å². The van der Waals surface area contributed by atoms with E-state index in [0.717, 1.165) is 22.2 Å². The molecule has 20 heavy (non-hydrogen) atoms. The smallest absolute Gasteiger partial charge is 0.0705 e. The summed E-state index contributed by atoms with van der Waals surface area (Å²) in [6.07, 6.45) is 1.87. The lowest BCUT2D eigenvalue weighted by atomic mass is 10.1. The van der Waals surface area contributed by atoms with Crippen molar-refractivity contribution in [2.75, 3.05) is 5.32 Å². The van der Waals surface area contributed by atoms with Crippen LogP contribution in [-0.2, 0) is 6.54 Å². The molecular weight excluding hydrogens is 312 g/mol. The molecule has 0 saturated heterocycles. The molecular formula is C17H15BrN2. The van der Waals surface area contributed by atoms with Gasteiger partial charge in [-0.3, -0.25) is 4.98 Å². The summed E-state index contributed by atoms with van der Waals surface area (Å²) in [4.78, 5) is 4.39. The third kappa shape index (κ3) is 2.68. The molecule has 0 aliphatic heterocycles. The van der Waals surface area contributed by atoms with Crippen molar-refractivity contribution in [1.29, 1.82) is 0 Å². The Morgan fingerprint density at radius 1 is 1.10 bits per heavy atom. The zero-order valence-electron chi connectivity index (χ0n) is 11.2. The van der Waals surface area contributed by atoms with Gasteiger partial charge in [0.1, 0.15) is 0 Å². The Morgan fingerprint density at radius 3 is 2.85 bits per heavy atom. The normalized spacial score (nSPS) is 10.7. The second-order valence-electron chi connectivity index (χ2n) is 4.80.